The standard InChI is InChI=1S/C16H23NO3/c1-2-3-10-15(18)11-7-12-17-16(19)20-13-14-8-5-4-6-9-14/h4-6,8-9H,2-3,7,10-13H2,1H3,(H,17,19). The summed E-state index contributed by atoms with van der Waals surface area (Å²) in [6.07, 6.45) is 3.40. The maximum atomic E-state index is 11.4. The van der Waals surface area contributed by atoms with Gasteiger partial charge < -0.3 is 10.1 Å². The summed E-state index contributed by atoms with van der Waals surface area (Å²) in [6.45, 7) is 2.81. The van der Waals surface area contributed by atoms with Gasteiger partial charge in [-0.15, -0.1) is 0 Å². The fourth-order valence-electron chi connectivity index (χ4n) is 1.75. The topological polar surface area (TPSA) is 55.4 Å². The average Bonchev–Trinajstić information content (AvgIpc) is 2.48. The first-order valence-electron chi connectivity index (χ1n) is 7.18. The monoisotopic (exact) mass is 277 g/mol. The number of carbonyl (C=O) groups is 2. The molecule has 4 nitrogen and oxygen atoms in total. The molecule has 0 aromatic heterocycles. The number of Topliss-reactive ketones (excluding diaryl/α,β-unsaturated/α-hetero) is 1. The maximum Gasteiger partial charge on any atom is 0.407 e. The minimum atomic E-state index is -0.435. The second kappa shape index (κ2) is 10.0. The van der Waals surface area contributed by atoms with Crippen molar-refractivity contribution >= 4 is 11.9 Å². The molecule has 0 atom stereocenters. The Balaban J connectivity index is 2.04. The Hall–Kier alpha value is -1.84. The zero-order chi connectivity index (χ0) is 14.6. The number of ether oxygens (including phenoxy) is 1. The van der Waals surface area contributed by atoms with Crippen molar-refractivity contribution in [2.45, 2.75) is 45.6 Å². The molecule has 0 unspecified atom stereocenters. The average molecular weight is 277 g/mol. The molecule has 1 N–H and O–H groups in total. The lowest BCUT2D eigenvalue weighted by Crippen LogP contribution is -2.25. The van der Waals surface area contributed by atoms with Crippen LogP contribution in [0.15, 0.2) is 30.3 Å². The lowest BCUT2D eigenvalue weighted by Gasteiger charge is -2.06. The lowest BCUT2D eigenvalue weighted by molar-refractivity contribution is -0.119. The van der Waals surface area contributed by atoms with Crippen LogP contribution in [0, 0.1) is 0 Å². The third-order valence-corrected chi connectivity index (χ3v) is 2.92. The summed E-state index contributed by atoms with van der Waals surface area (Å²) in [5.41, 5.74) is 0.956. The highest BCUT2D eigenvalue weighted by Crippen LogP contribution is 2.02. The number of nitrogens with one attached hydrogen (secondary N) is 1. The van der Waals surface area contributed by atoms with E-state index in [0.29, 0.717) is 25.8 Å². The van der Waals surface area contributed by atoms with E-state index in [4.69, 9.17) is 4.74 Å². The molecule has 0 heterocycles. The van der Waals surface area contributed by atoms with Crippen LogP contribution in [0.4, 0.5) is 4.79 Å². The Morgan fingerprint density at radius 3 is 2.50 bits per heavy atom. The zero-order valence-corrected chi connectivity index (χ0v) is 12.1. The highest BCUT2D eigenvalue weighted by Gasteiger charge is 2.04. The molecular weight excluding hydrogens is 254 g/mol. The minimum Gasteiger partial charge on any atom is -0.445 e. The van der Waals surface area contributed by atoms with E-state index in [1.807, 2.05) is 30.3 Å². The quantitative estimate of drug-likeness (QED) is 0.703. The van der Waals surface area contributed by atoms with Crippen LogP contribution in [0.25, 0.3) is 0 Å². The molecule has 0 bridgehead atoms. The SMILES string of the molecule is CCCCC(=O)CCCNC(=O)OCc1ccccc1. The van der Waals surface area contributed by atoms with Gasteiger partial charge in [-0.05, 0) is 18.4 Å². The van der Waals surface area contributed by atoms with Crippen molar-refractivity contribution in [3.05, 3.63) is 35.9 Å². The van der Waals surface area contributed by atoms with Crippen LogP contribution in [0.3, 0.4) is 0 Å². The molecule has 0 saturated carbocycles. The van der Waals surface area contributed by atoms with Crippen molar-refractivity contribution < 1.29 is 14.3 Å². The molecule has 4 heteroatoms. The van der Waals surface area contributed by atoms with Gasteiger partial charge >= 0.3 is 6.09 Å². The highest BCUT2D eigenvalue weighted by molar-refractivity contribution is 5.78. The van der Waals surface area contributed by atoms with Crippen LogP contribution in [-0.2, 0) is 16.1 Å². The Bertz CT molecular complexity index is 403. The van der Waals surface area contributed by atoms with Crippen molar-refractivity contribution in [2.75, 3.05) is 6.54 Å². The molecular formula is C16H23NO3. The molecule has 0 aliphatic heterocycles. The summed E-state index contributed by atoms with van der Waals surface area (Å²) in [7, 11) is 0. The molecule has 1 aromatic rings. The first kappa shape index (κ1) is 16.2. The first-order valence-corrected chi connectivity index (χ1v) is 7.18. The fourth-order valence-corrected chi connectivity index (χ4v) is 1.75. The number of ketones is 1. The Morgan fingerprint density at radius 1 is 1.10 bits per heavy atom. The number of alkyl carbamates (subject to hydrolysis) is 1. The largest absolute Gasteiger partial charge is 0.445 e. The van der Waals surface area contributed by atoms with E-state index in [1.54, 1.807) is 0 Å². The van der Waals surface area contributed by atoms with Gasteiger partial charge in [-0.25, -0.2) is 4.79 Å². The van der Waals surface area contributed by atoms with E-state index in [2.05, 4.69) is 12.2 Å². The van der Waals surface area contributed by atoms with Crippen molar-refractivity contribution in [2.24, 2.45) is 0 Å². The number of carbonyl (C=O) groups excluding carboxylic acids is 2. The van der Waals surface area contributed by atoms with Gasteiger partial charge in [-0.3, -0.25) is 4.79 Å². The molecule has 0 fully saturated rings. The van der Waals surface area contributed by atoms with Crippen LogP contribution in [0.2, 0.25) is 0 Å². The summed E-state index contributed by atoms with van der Waals surface area (Å²) in [5.74, 6) is 0.270. The normalized spacial score (nSPS) is 10.1. The zero-order valence-electron chi connectivity index (χ0n) is 12.1. The van der Waals surface area contributed by atoms with Crippen LogP contribution in [0.1, 0.15) is 44.6 Å². The molecule has 1 aromatic carbocycles. The van der Waals surface area contributed by atoms with E-state index in [0.717, 1.165) is 18.4 Å². The molecule has 0 radical (unpaired) electrons. The predicted molar refractivity (Wildman–Crippen MR) is 78.4 cm³/mol. The van der Waals surface area contributed by atoms with Gasteiger partial charge in [0.15, 0.2) is 0 Å². The van der Waals surface area contributed by atoms with Crippen molar-refractivity contribution in [3.8, 4) is 0 Å². The van der Waals surface area contributed by atoms with Crippen LogP contribution in [0.5, 0.6) is 0 Å². The van der Waals surface area contributed by atoms with E-state index >= 15 is 0 Å². The van der Waals surface area contributed by atoms with Crippen molar-refractivity contribution in [3.63, 3.8) is 0 Å². The van der Waals surface area contributed by atoms with Gasteiger partial charge in [0.2, 0.25) is 0 Å². The summed E-state index contributed by atoms with van der Waals surface area (Å²) in [6, 6.07) is 9.52. The third kappa shape index (κ3) is 7.56. The number of rotatable bonds is 9. The maximum absolute atomic E-state index is 11.4. The van der Waals surface area contributed by atoms with Gasteiger partial charge in [0.05, 0.1) is 0 Å². The first-order chi connectivity index (χ1) is 9.72. The van der Waals surface area contributed by atoms with E-state index in [-0.39, 0.29) is 12.4 Å². The second-order valence-corrected chi connectivity index (χ2v) is 4.73. The second-order valence-electron chi connectivity index (χ2n) is 4.73. The summed E-state index contributed by atoms with van der Waals surface area (Å²) in [5, 5.41) is 2.65. The smallest absolute Gasteiger partial charge is 0.407 e. The summed E-state index contributed by atoms with van der Waals surface area (Å²) in [4.78, 5) is 22.8. The molecule has 0 aliphatic carbocycles. The molecule has 20 heavy (non-hydrogen) atoms. The van der Waals surface area contributed by atoms with Crippen molar-refractivity contribution in [1.29, 1.82) is 0 Å². The van der Waals surface area contributed by atoms with E-state index in [1.165, 1.54) is 0 Å². The number of amides is 1. The fraction of sp³-hybridized carbons (Fsp3) is 0.500. The Labute approximate surface area is 120 Å². The Morgan fingerprint density at radius 2 is 1.80 bits per heavy atom. The van der Waals surface area contributed by atoms with Gasteiger partial charge in [0, 0.05) is 19.4 Å². The summed E-state index contributed by atoms with van der Waals surface area (Å²) >= 11 is 0. The minimum absolute atomic E-state index is 0.266. The predicted octanol–water partition coefficient (Wildman–Crippen LogP) is 3.45. The van der Waals surface area contributed by atoms with Crippen LogP contribution >= 0.6 is 0 Å². The van der Waals surface area contributed by atoms with E-state index in [9.17, 15) is 9.59 Å². The third-order valence-electron chi connectivity index (χ3n) is 2.92. The molecule has 110 valence electrons. The number of hydrogen-bond acceptors (Lipinski definition) is 3. The number of hydrogen-bond donors (Lipinski definition) is 1. The van der Waals surface area contributed by atoms with Crippen molar-refractivity contribution in [1.82, 2.24) is 5.32 Å². The van der Waals surface area contributed by atoms with Crippen LogP contribution < -0.4 is 5.32 Å². The Kier molecular flexibility index (Phi) is 8.11. The highest BCUT2D eigenvalue weighted by atomic mass is 16.5. The van der Waals surface area contributed by atoms with Gasteiger partial charge in [-0.1, -0.05) is 43.7 Å². The summed E-state index contributed by atoms with van der Waals surface area (Å²) < 4.78 is 5.07. The van der Waals surface area contributed by atoms with Gasteiger partial charge in [0.1, 0.15) is 12.4 Å². The molecule has 1 rings (SSSR count). The molecule has 0 spiro atoms. The van der Waals surface area contributed by atoms with Gasteiger partial charge in [0.25, 0.3) is 0 Å². The van der Waals surface area contributed by atoms with Crippen LogP contribution in [-0.4, -0.2) is 18.4 Å². The number of benzene rings is 1. The van der Waals surface area contributed by atoms with Gasteiger partial charge in [-0.2, -0.15) is 0 Å². The number of unbranched alkanes of at least 4 members (excludes halogenated alkanes) is 1. The van der Waals surface area contributed by atoms with E-state index < -0.39 is 6.09 Å². The molecule has 0 saturated heterocycles. The molecule has 1 amide bonds. The molecule has 0 aliphatic rings. The lowest BCUT2D eigenvalue weighted by atomic mass is 10.1.